The predicted octanol–water partition coefficient (Wildman–Crippen LogP) is 2.40. The van der Waals surface area contributed by atoms with E-state index in [4.69, 9.17) is 5.11 Å². The first kappa shape index (κ1) is 14.3. The van der Waals surface area contributed by atoms with E-state index in [-0.39, 0.29) is 12.5 Å². The van der Waals surface area contributed by atoms with Crippen LogP contribution in [-0.2, 0) is 4.79 Å². The molecule has 1 heterocycles. The van der Waals surface area contributed by atoms with Crippen molar-refractivity contribution in [2.45, 2.75) is 25.8 Å². The summed E-state index contributed by atoms with van der Waals surface area (Å²) in [4.78, 5) is 13.0. The number of hydrogen-bond donors (Lipinski definition) is 2. The number of anilines is 1. The third-order valence-electron chi connectivity index (χ3n) is 3.53. The molecule has 1 aromatic rings. The number of nitrogens with one attached hydrogen (secondary N) is 1. The highest BCUT2D eigenvalue weighted by Gasteiger charge is 2.23. The second-order valence-electron chi connectivity index (χ2n) is 4.92. The summed E-state index contributed by atoms with van der Waals surface area (Å²) in [7, 11) is 0. The topological polar surface area (TPSA) is 52.6 Å². The Bertz CT molecular complexity index is 465. The third-order valence-corrected chi connectivity index (χ3v) is 4.38. The second-order valence-corrected chi connectivity index (χ2v) is 5.77. The maximum absolute atomic E-state index is 10.7. The molecule has 0 amide bonds. The molecule has 104 valence electrons. The van der Waals surface area contributed by atoms with E-state index in [1.54, 1.807) is 0 Å². The van der Waals surface area contributed by atoms with Crippen LogP contribution in [0.4, 0.5) is 5.69 Å². The smallest absolute Gasteiger partial charge is 0.303 e. The minimum absolute atomic E-state index is 0.218. The van der Waals surface area contributed by atoms with E-state index >= 15 is 0 Å². The zero-order valence-corrected chi connectivity index (χ0v) is 12.6. The Morgan fingerprint density at radius 3 is 3.05 bits per heavy atom. The van der Waals surface area contributed by atoms with E-state index in [0.717, 1.165) is 29.8 Å². The maximum Gasteiger partial charge on any atom is 0.303 e. The van der Waals surface area contributed by atoms with Gasteiger partial charge in [0.15, 0.2) is 0 Å². The second kappa shape index (κ2) is 6.39. The van der Waals surface area contributed by atoms with Crippen LogP contribution in [0.25, 0.3) is 0 Å². The van der Waals surface area contributed by atoms with Crippen molar-refractivity contribution < 1.29 is 9.90 Å². The van der Waals surface area contributed by atoms with E-state index in [0.29, 0.717) is 6.42 Å². The van der Waals surface area contributed by atoms with Crippen molar-refractivity contribution in [2.75, 3.05) is 24.5 Å². The Balaban J connectivity index is 2.13. The number of carbonyl (C=O) groups is 1. The highest BCUT2D eigenvalue weighted by molar-refractivity contribution is 9.10. The molecule has 2 N–H and O–H groups in total. The SMILES string of the molecule is Cc1ccc(N2CCNCC2CCC(=O)O)cc1Br. The van der Waals surface area contributed by atoms with Crippen LogP contribution < -0.4 is 10.2 Å². The monoisotopic (exact) mass is 326 g/mol. The number of hydrogen-bond acceptors (Lipinski definition) is 3. The highest BCUT2D eigenvalue weighted by atomic mass is 79.9. The van der Waals surface area contributed by atoms with E-state index in [1.165, 1.54) is 5.56 Å². The molecule has 2 rings (SSSR count). The van der Waals surface area contributed by atoms with Crippen molar-refractivity contribution in [3.8, 4) is 0 Å². The molecule has 1 aliphatic heterocycles. The van der Waals surface area contributed by atoms with Gasteiger partial charge in [0, 0.05) is 42.3 Å². The molecule has 1 aliphatic rings. The summed E-state index contributed by atoms with van der Waals surface area (Å²) in [5.74, 6) is -0.726. The van der Waals surface area contributed by atoms with E-state index in [9.17, 15) is 4.79 Å². The number of piperazine rings is 1. The molecule has 1 atom stereocenters. The molecule has 4 nitrogen and oxygen atoms in total. The minimum Gasteiger partial charge on any atom is -0.481 e. The molecular formula is C14H19BrN2O2. The predicted molar refractivity (Wildman–Crippen MR) is 79.8 cm³/mol. The van der Waals surface area contributed by atoms with Crippen molar-refractivity contribution >= 4 is 27.6 Å². The van der Waals surface area contributed by atoms with Gasteiger partial charge in [-0.15, -0.1) is 0 Å². The fraction of sp³-hybridized carbons (Fsp3) is 0.500. The quantitative estimate of drug-likeness (QED) is 0.892. The Kier molecular flexibility index (Phi) is 4.82. The van der Waals surface area contributed by atoms with Crippen LogP contribution in [0.15, 0.2) is 22.7 Å². The van der Waals surface area contributed by atoms with Gasteiger partial charge in [-0.3, -0.25) is 4.79 Å². The van der Waals surface area contributed by atoms with Gasteiger partial charge < -0.3 is 15.3 Å². The van der Waals surface area contributed by atoms with Crippen LogP contribution in [0, 0.1) is 6.92 Å². The van der Waals surface area contributed by atoms with Gasteiger partial charge in [0.05, 0.1) is 0 Å². The summed E-state index contributed by atoms with van der Waals surface area (Å²) in [5, 5.41) is 12.2. The molecular weight excluding hydrogens is 308 g/mol. The molecule has 1 saturated heterocycles. The van der Waals surface area contributed by atoms with E-state index in [2.05, 4.69) is 51.3 Å². The van der Waals surface area contributed by atoms with Crippen molar-refractivity contribution in [1.29, 1.82) is 0 Å². The number of carboxylic acids is 1. The normalized spacial score (nSPS) is 19.5. The van der Waals surface area contributed by atoms with E-state index in [1.807, 2.05) is 0 Å². The molecule has 0 aliphatic carbocycles. The average molecular weight is 327 g/mol. The first-order valence-electron chi connectivity index (χ1n) is 6.53. The summed E-state index contributed by atoms with van der Waals surface area (Å²) in [5.41, 5.74) is 2.37. The van der Waals surface area contributed by atoms with Gasteiger partial charge >= 0.3 is 5.97 Å². The Hall–Kier alpha value is -1.07. The molecule has 0 bridgehead atoms. The molecule has 0 spiro atoms. The first-order valence-corrected chi connectivity index (χ1v) is 7.32. The van der Waals surface area contributed by atoms with Gasteiger partial charge in [-0.05, 0) is 31.0 Å². The zero-order chi connectivity index (χ0) is 13.8. The van der Waals surface area contributed by atoms with Gasteiger partial charge in [0.2, 0.25) is 0 Å². The van der Waals surface area contributed by atoms with Gasteiger partial charge in [0.1, 0.15) is 0 Å². The lowest BCUT2D eigenvalue weighted by molar-refractivity contribution is -0.137. The largest absolute Gasteiger partial charge is 0.481 e. The van der Waals surface area contributed by atoms with Crippen molar-refractivity contribution in [2.24, 2.45) is 0 Å². The van der Waals surface area contributed by atoms with E-state index < -0.39 is 5.97 Å². The Labute approximate surface area is 121 Å². The lowest BCUT2D eigenvalue weighted by Gasteiger charge is -2.38. The molecule has 0 radical (unpaired) electrons. The number of aliphatic carboxylic acids is 1. The van der Waals surface area contributed by atoms with Crippen molar-refractivity contribution in [1.82, 2.24) is 5.32 Å². The highest BCUT2D eigenvalue weighted by Crippen LogP contribution is 2.26. The van der Waals surface area contributed by atoms with Crippen molar-refractivity contribution in [3.63, 3.8) is 0 Å². The van der Waals surface area contributed by atoms with Gasteiger partial charge in [-0.25, -0.2) is 0 Å². The van der Waals surface area contributed by atoms with Crippen LogP contribution in [0.3, 0.4) is 0 Å². The summed E-state index contributed by atoms with van der Waals surface area (Å²) >= 11 is 3.56. The van der Waals surface area contributed by atoms with Crippen LogP contribution in [0.2, 0.25) is 0 Å². The molecule has 19 heavy (non-hydrogen) atoms. The number of carboxylic acid groups (broad SMARTS) is 1. The Morgan fingerprint density at radius 2 is 2.37 bits per heavy atom. The molecule has 1 fully saturated rings. The third kappa shape index (κ3) is 3.70. The van der Waals surface area contributed by atoms with Crippen LogP contribution >= 0.6 is 15.9 Å². The fourth-order valence-corrected chi connectivity index (χ4v) is 2.78. The number of benzene rings is 1. The van der Waals surface area contributed by atoms with Gasteiger partial charge in [-0.1, -0.05) is 22.0 Å². The fourth-order valence-electron chi connectivity index (χ4n) is 2.41. The van der Waals surface area contributed by atoms with Gasteiger partial charge in [0.25, 0.3) is 0 Å². The molecule has 0 aromatic heterocycles. The number of rotatable bonds is 4. The lowest BCUT2D eigenvalue weighted by Crippen LogP contribution is -2.51. The summed E-state index contributed by atoms with van der Waals surface area (Å²) in [6.45, 7) is 4.77. The molecule has 5 heteroatoms. The molecule has 1 unspecified atom stereocenters. The Morgan fingerprint density at radius 1 is 1.58 bits per heavy atom. The number of aryl methyl sites for hydroxylation is 1. The van der Waals surface area contributed by atoms with Crippen LogP contribution in [0.5, 0.6) is 0 Å². The number of halogens is 1. The summed E-state index contributed by atoms with van der Waals surface area (Å²) in [6.07, 6.45) is 0.893. The standard InChI is InChI=1S/C14H19BrN2O2/c1-10-2-3-11(8-13(10)15)17-7-6-16-9-12(17)4-5-14(18)19/h2-3,8,12,16H,4-7,9H2,1H3,(H,18,19). The summed E-state index contributed by atoms with van der Waals surface area (Å²) in [6, 6.07) is 6.57. The van der Waals surface area contributed by atoms with Crippen LogP contribution in [-0.4, -0.2) is 36.8 Å². The first-order chi connectivity index (χ1) is 9.08. The van der Waals surface area contributed by atoms with Crippen LogP contribution in [0.1, 0.15) is 18.4 Å². The van der Waals surface area contributed by atoms with Gasteiger partial charge in [-0.2, -0.15) is 0 Å². The summed E-state index contributed by atoms with van der Waals surface area (Å²) < 4.78 is 1.10. The molecule has 0 saturated carbocycles. The lowest BCUT2D eigenvalue weighted by atomic mass is 10.1. The maximum atomic E-state index is 10.7. The average Bonchev–Trinajstić information content (AvgIpc) is 2.40. The minimum atomic E-state index is -0.726. The zero-order valence-electron chi connectivity index (χ0n) is 11.0. The van der Waals surface area contributed by atoms with Crippen molar-refractivity contribution in [3.05, 3.63) is 28.2 Å². The molecule has 1 aromatic carbocycles. The number of nitrogens with zero attached hydrogens (tertiary/aromatic N) is 1.